The normalized spacial score (nSPS) is 48.3. The van der Waals surface area contributed by atoms with Crippen molar-refractivity contribution in [3.05, 3.63) is 0 Å². The molecule has 2 rings (SSSR count). The first-order chi connectivity index (χ1) is 4.37. The lowest BCUT2D eigenvalue weighted by Gasteiger charge is -2.13. The van der Waals surface area contributed by atoms with Crippen LogP contribution < -0.4 is 0 Å². The zero-order chi connectivity index (χ0) is 6.32. The van der Waals surface area contributed by atoms with Crippen molar-refractivity contribution in [3.8, 4) is 0 Å². The molecule has 0 aromatic carbocycles. The van der Waals surface area contributed by atoms with Crippen LogP contribution in [0, 0.1) is 0 Å². The van der Waals surface area contributed by atoms with Gasteiger partial charge in [-0.1, -0.05) is 19.8 Å². The molecule has 52 valence electrons. The van der Waals surface area contributed by atoms with E-state index in [1.807, 2.05) is 0 Å². The van der Waals surface area contributed by atoms with E-state index in [0.29, 0.717) is 11.7 Å². The van der Waals surface area contributed by atoms with E-state index in [9.17, 15) is 0 Å². The average Bonchev–Trinajstić information content (AvgIpc) is 2.62. The second kappa shape index (κ2) is 1.72. The highest BCUT2D eigenvalue weighted by Crippen LogP contribution is 2.49. The predicted octanol–water partition coefficient (Wildman–Crippen LogP) is 2.11. The Balaban J connectivity index is 2.01. The fourth-order valence-corrected chi connectivity index (χ4v) is 2.03. The second-order valence-corrected chi connectivity index (χ2v) is 3.27. The topological polar surface area (TPSA) is 12.5 Å². The van der Waals surface area contributed by atoms with E-state index in [0.717, 1.165) is 0 Å². The zero-order valence-corrected chi connectivity index (χ0v) is 6.02. The van der Waals surface area contributed by atoms with Gasteiger partial charge in [-0.3, -0.25) is 0 Å². The molecule has 0 aromatic rings. The lowest BCUT2D eigenvalue weighted by atomic mass is 9.87. The number of epoxide rings is 1. The van der Waals surface area contributed by atoms with E-state index in [2.05, 4.69) is 6.92 Å². The minimum absolute atomic E-state index is 0.387. The van der Waals surface area contributed by atoms with Crippen molar-refractivity contribution in [1.29, 1.82) is 0 Å². The van der Waals surface area contributed by atoms with Crippen LogP contribution in [0.5, 0.6) is 0 Å². The van der Waals surface area contributed by atoms with Crippen LogP contribution in [-0.4, -0.2) is 11.7 Å². The molecule has 1 aliphatic heterocycles. The molecule has 1 nitrogen and oxygen atoms in total. The minimum atomic E-state index is 0.387. The number of rotatable bonds is 1. The van der Waals surface area contributed by atoms with Gasteiger partial charge in [0.05, 0.1) is 11.7 Å². The molecule has 2 atom stereocenters. The van der Waals surface area contributed by atoms with E-state index in [4.69, 9.17) is 4.74 Å². The first-order valence-electron chi connectivity index (χ1n) is 4.05. The summed E-state index contributed by atoms with van der Waals surface area (Å²) in [6.07, 6.45) is 7.34. The molecule has 9 heavy (non-hydrogen) atoms. The maximum absolute atomic E-state index is 5.61. The molecular formula is C8H14O. The third-order valence-electron chi connectivity index (χ3n) is 2.82. The summed E-state index contributed by atoms with van der Waals surface area (Å²) >= 11 is 0. The quantitative estimate of drug-likeness (QED) is 0.490. The molecule has 1 heterocycles. The molecule has 1 aliphatic carbocycles. The minimum Gasteiger partial charge on any atom is -0.366 e. The molecule has 1 saturated heterocycles. The standard InChI is InChI=1S/C8H14O/c1-2-8-6-4-3-5-7(8)9-8/h7H,2-6H2,1H3. The molecule has 0 amide bonds. The first kappa shape index (κ1) is 5.72. The Morgan fingerprint density at radius 2 is 2.44 bits per heavy atom. The number of ether oxygens (including phenoxy) is 1. The van der Waals surface area contributed by atoms with Crippen molar-refractivity contribution in [2.75, 3.05) is 0 Å². The maximum Gasteiger partial charge on any atom is 0.0945 e. The van der Waals surface area contributed by atoms with Gasteiger partial charge in [-0.15, -0.1) is 0 Å². The molecule has 0 bridgehead atoms. The molecule has 2 fully saturated rings. The van der Waals surface area contributed by atoms with E-state index in [-0.39, 0.29) is 0 Å². The van der Waals surface area contributed by atoms with Crippen LogP contribution in [0.2, 0.25) is 0 Å². The Bertz CT molecular complexity index is 122. The highest BCUT2D eigenvalue weighted by Gasteiger charge is 2.55. The highest BCUT2D eigenvalue weighted by molar-refractivity contribution is 5.03. The van der Waals surface area contributed by atoms with E-state index < -0.39 is 0 Å². The average molecular weight is 126 g/mol. The fraction of sp³-hybridized carbons (Fsp3) is 1.00. The molecule has 0 radical (unpaired) electrons. The summed E-state index contributed by atoms with van der Waals surface area (Å²) in [7, 11) is 0. The lowest BCUT2D eigenvalue weighted by Crippen LogP contribution is -2.17. The molecule has 2 unspecified atom stereocenters. The summed E-state index contributed by atoms with van der Waals surface area (Å²) in [6.45, 7) is 2.24. The fourth-order valence-electron chi connectivity index (χ4n) is 2.03. The molecule has 2 aliphatic rings. The summed E-state index contributed by atoms with van der Waals surface area (Å²) in [5.41, 5.74) is 0.387. The highest BCUT2D eigenvalue weighted by atomic mass is 16.6. The zero-order valence-electron chi connectivity index (χ0n) is 6.02. The Hall–Kier alpha value is -0.0400. The predicted molar refractivity (Wildman–Crippen MR) is 36.4 cm³/mol. The summed E-state index contributed by atoms with van der Waals surface area (Å²) in [5.74, 6) is 0. The van der Waals surface area contributed by atoms with Gasteiger partial charge in [0.15, 0.2) is 0 Å². The van der Waals surface area contributed by atoms with Crippen LogP contribution in [0.15, 0.2) is 0 Å². The van der Waals surface area contributed by atoms with E-state index in [1.165, 1.54) is 32.1 Å². The van der Waals surface area contributed by atoms with Gasteiger partial charge < -0.3 is 4.74 Å². The van der Waals surface area contributed by atoms with Gasteiger partial charge in [0, 0.05) is 0 Å². The molecule has 0 N–H and O–H groups in total. The summed E-state index contributed by atoms with van der Waals surface area (Å²) < 4.78 is 5.61. The van der Waals surface area contributed by atoms with Crippen LogP contribution in [0.1, 0.15) is 39.0 Å². The first-order valence-corrected chi connectivity index (χ1v) is 4.05. The van der Waals surface area contributed by atoms with Crippen LogP contribution >= 0.6 is 0 Å². The molecule has 1 heteroatoms. The Labute approximate surface area is 56.4 Å². The third-order valence-corrected chi connectivity index (χ3v) is 2.82. The van der Waals surface area contributed by atoms with Crippen molar-refractivity contribution in [2.24, 2.45) is 0 Å². The van der Waals surface area contributed by atoms with Gasteiger partial charge in [-0.25, -0.2) is 0 Å². The summed E-state index contributed by atoms with van der Waals surface area (Å²) in [5, 5.41) is 0. The SMILES string of the molecule is CCC12CCCCC1O2. The number of fused-ring (bicyclic) bond motifs is 1. The number of hydrogen-bond acceptors (Lipinski definition) is 1. The second-order valence-electron chi connectivity index (χ2n) is 3.27. The molecule has 0 aromatic heterocycles. The lowest BCUT2D eigenvalue weighted by molar-refractivity contribution is 0.279. The van der Waals surface area contributed by atoms with Crippen LogP contribution in [0.25, 0.3) is 0 Å². The number of hydrogen-bond donors (Lipinski definition) is 0. The van der Waals surface area contributed by atoms with Crippen molar-refractivity contribution >= 4 is 0 Å². The van der Waals surface area contributed by atoms with Crippen LogP contribution in [0.4, 0.5) is 0 Å². The van der Waals surface area contributed by atoms with E-state index in [1.54, 1.807) is 0 Å². The third kappa shape index (κ3) is 0.710. The Kier molecular flexibility index (Phi) is 1.10. The van der Waals surface area contributed by atoms with Crippen molar-refractivity contribution in [2.45, 2.75) is 50.7 Å². The van der Waals surface area contributed by atoms with Crippen molar-refractivity contribution in [1.82, 2.24) is 0 Å². The van der Waals surface area contributed by atoms with Gasteiger partial charge in [0.2, 0.25) is 0 Å². The molecule has 1 saturated carbocycles. The summed E-state index contributed by atoms with van der Waals surface area (Å²) in [4.78, 5) is 0. The van der Waals surface area contributed by atoms with Crippen molar-refractivity contribution < 1.29 is 4.74 Å². The van der Waals surface area contributed by atoms with E-state index >= 15 is 0 Å². The Morgan fingerprint density at radius 1 is 1.56 bits per heavy atom. The van der Waals surface area contributed by atoms with Gasteiger partial charge in [-0.2, -0.15) is 0 Å². The van der Waals surface area contributed by atoms with Gasteiger partial charge in [-0.05, 0) is 19.3 Å². The van der Waals surface area contributed by atoms with Gasteiger partial charge in [0.1, 0.15) is 0 Å². The Morgan fingerprint density at radius 3 is 3.00 bits per heavy atom. The van der Waals surface area contributed by atoms with Crippen LogP contribution in [-0.2, 0) is 4.74 Å². The smallest absolute Gasteiger partial charge is 0.0945 e. The van der Waals surface area contributed by atoms with Gasteiger partial charge in [0.25, 0.3) is 0 Å². The van der Waals surface area contributed by atoms with Crippen molar-refractivity contribution in [3.63, 3.8) is 0 Å². The summed E-state index contributed by atoms with van der Waals surface area (Å²) in [6, 6.07) is 0. The monoisotopic (exact) mass is 126 g/mol. The molecular weight excluding hydrogens is 112 g/mol. The van der Waals surface area contributed by atoms with Crippen LogP contribution in [0.3, 0.4) is 0 Å². The largest absolute Gasteiger partial charge is 0.366 e. The molecule has 0 spiro atoms. The maximum atomic E-state index is 5.61. The van der Waals surface area contributed by atoms with Gasteiger partial charge >= 0.3 is 0 Å².